The van der Waals surface area contributed by atoms with Crippen molar-refractivity contribution in [2.75, 3.05) is 23.9 Å². The first-order valence-electron chi connectivity index (χ1n) is 5.36. The molecule has 19 heavy (non-hydrogen) atoms. The van der Waals surface area contributed by atoms with Crippen LogP contribution < -0.4 is 16.8 Å². The van der Waals surface area contributed by atoms with Crippen LogP contribution in [-0.2, 0) is 9.84 Å². The molecule has 1 aromatic carbocycles. The molecule has 0 aliphatic heterocycles. The minimum atomic E-state index is -3.12. The second-order valence-corrected chi connectivity index (χ2v) is 6.31. The molecule has 0 aromatic heterocycles. The first-order chi connectivity index (χ1) is 8.70. The Labute approximate surface area is 110 Å². The number of benzene rings is 1. The van der Waals surface area contributed by atoms with Crippen LogP contribution in [0.25, 0.3) is 0 Å². The number of sulfone groups is 1. The molecule has 8 heteroatoms. The Bertz CT molecular complexity index is 610. The van der Waals surface area contributed by atoms with Gasteiger partial charge >= 0.3 is 0 Å². The molecule has 0 atom stereocenters. The second-order valence-electron chi connectivity index (χ2n) is 4.05. The SMILES string of the molecule is CS(=O)(=O)CCNc1cc(C(N)=O)ccc1C(N)=O. The smallest absolute Gasteiger partial charge is 0.250 e. The maximum Gasteiger partial charge on any atom is 0.250 e. The van der Waals surface area contributed by atoms with Gasteiger partial charge in [-0.2, -0.15) is 0 Å². The summed E-state index contributed by atoms with van der Waals surface area (Å²) in [5.41, 5.74) is 11.0. The van der Waals surface area contributed by atoms with Crippen molar-refractivity contribution >= 4 is 27.3 Å². The third-order valence-corrected chi connectivity index (χ3v) is 3.30. The van der Waals surface area contributed by atoms with Gasteiger partial charge in [0.15, 0.2) is 0 Å². The molecule has 1 aromatic rings. The van der Waals surface area contributed by atoms with E-state index in [1.165, 1.54) is 18.2 Å². The van der Waals surface area contributed by atoms with Crippen LogP contribution in [0.2, 0.25) is 0 Å². The lowest BCUT2D eigenvalue weighted by Gasteiger charge is -2.10. The van der Waals surface area contributed by atoms with Crippen molar-refractivity contribution in [3.8, 4) is 0 Å². The van der Waals surface area contributed by atoms with Gasteiger partial charge in [-0.05, 0) is 18.2 Å². The van der Waals surface area contributed by atoms with Crippen molar-refractivity contribution in [2.24, 2.45) is 11.5 Å². The minimum Gasteiger partial charge on any atom is -0.383 e. The second kappa shape index (κ2) is 5.70. The minimum absolute atomic E-state index is 0.0985. The van der Waals surface area contributed by atoms with Crippen LogP contribution in [0.4, 0.5) is 5.69 Å². The van der Waals surface area contributed by atoms with E-state index in [0.717, 1.165) is 6.26 Å². The van der Waals surface area contributed by atoms with Gasteiger partial charge < -0.3 is 16.8 Å². The van der Waals surface area contributed by atoms with Crippen molar-refractivity contribution in [1.29, 1.82) is 0 Å². The summed E-state index contributed by atoms with van der Waals surface area (Å²) in [7, 11) is -3.12. The predicted molar refractivity (Wildman–Crippen MR) is 71.7 cm³/mol. The Hall–Kier alpha value is -2.09. The Balaban J connectivity index is 2.98. The molecule has 0 spiro atoms. The Morgan fingerprint density at radius 2 is 1.84 bits per heavy atom. The summed E-state index contributed by atoms with van der Waals surface area (Å²) >= 11 is 0. The molecule has 0 bridgehead atoms. The van der Waals surface area contributed by atoms with Gasteiger partial charge in [0.2, 0.25) is 5.91 Å². The van der Waals surface area contributed by atoms with Gasteiger partial charge in [0.05, 0.1) is 11.3 Å². The van der Waals surface area contributed by atoms with E-state index < -0.39 is 21.7 Å². The van der Waals surface area contributed by atoms with Gasteiger partial charge in [-0.25, -0.2) is 8.42 Å². The Morgan fingerprint density at radius 3 is 2.32 bits per heavy atom. The molecule has 0 aliphatic carbocycles. The van der Waals surface area contributed by atoms with Gasteiger partial charge in [-0.1, -0.05) is 0 Å². The fourth-order valence-electron chi connectivity index (χ4n) is 1.43. The fourth-order valence-corrected chi connectivity index (χ4v) is 1.90. The lowest BCUT2D eigenvalue weighted by atomic mass is 10.1. The average molecular weight is 285 g/mol. The highest BCUT2D eigenvalue weighted by atomic mass is 32.2. The van der Waals surface area contributed by atoms with Crippen LogP contribution in [0, 0.1) is 0 Å². The lowest BCUT2D eigenvalue weighted by Crippen LogP contribution is -2.20. The van der Waals surface area contributed by atoms with Crippen LogP contribution in [0.5, 0.6) is 0 Å². The van der Waals surface area contributed by atoms with E-state index in [9.17, 15) is 18.0 Å². The molecule has 1 rings (SSSR count). The van der Waals surface area contributed by atoms with E-state index in [4.69, 9.17) is 11.5 Å². The molecule has 0 saturated heterocycles. The maximum atomic E-state index is 11.2. The molecule has 7 nitrogen and oxygen atoms in total. The number of nitrogens with two attached hydrogens (primary N) is 2. The van der Waals surface area contributed by atoms with Gasteiger partial charge in [0, 0.05) is 24.1 Å². The van der Waals surface area contributed by atoms with E-state index >= 15 is 0 Å². The number of anilines is 1. The number of carbonyl (C=O) groups is 2. The number of amides is 2. The van der Waals surface area contributed by atoms with E-state index in [1.807, 2.05) is 0 Å². The number of carbonyl (C=O) groups excluding carboxylic acids is 2. The third-order valence-electron chi connectivity index (χ3n) is 2.36. The Kier molecular flexibility index (Phi) is 4.49. The van der Waals surface area contributed by atoms with Crippen LogP contribution in [0.15, 0.2) is 18.2 Å². The summed E-state index contributed by atoms with van der Waals surface area (Å²) in [4.78, 5) is 22.3. The highest BCUT2D eigenvalue weighted by Gasteiger charge is 2.11. The molecule has 104 valence electrons. The molecule has 0 aliphatic rings. The number of rotatable bonds is 6. The van der Waals surface area contributed by atoms with E-state index in [2.05, 4.69) is 5.32 Å². The van der Waals surface area contributed by atoms with Gasteiger partial charge in [0.1, 0.15) is 9.84 Å². The number of primary amides is 2. The summed E-state index contributed by atoms with van der Waals surface area (Å²) in [6.45, 7) is 0.0985. The van der Waals surface area contributed by atoms with Crippen LogP contribution in [-0.4, -0.2) is 38.8 Å². The largest absolute Gasteiger partial charge is 0.383 e. The van der Waals surface area contributed by atoms with E-state index in [1.54, 1.807) is 0 Å². The van der Waals surface area contributed by atoms with Crippen molar-refractivity contribution in [3.63, 3.8) is 0 Å². The zero-order chi connectivity index (χ0) is 14.6. The third kappa shape index (κ3) is 4.59. The molecular formula is C11H15N3O4S. The zero-order valence-electron chi connectivity index (χ0n) is 10.3. The molecule has 0 fully saturated rings. The highest BCUT2D eigenvalue weighted by Crippen LogP contribution is 2.17. The van der Waals surface area contributed by atoms with Crippen molar-refractivity contribution in [3.05, 3.63) is 29.3 Å². The number of hydrogen-bond donors (Lipinski definition) is 3. The highest BCUT2D eigenvalue weighted by molar-refractivity contribution is 7.90. The van der Waals surface area contributed by atoms with Gasteiger partial charge in [-0.15, -0.1) is 0 Å². The quantitative estimate of drug-likeness (QED) is 0.638. The van der Waals surface area contributed by atoms with Crippen molar-refractivity contribution in [2.45, 2.75) is 0 Å². The normalized spacial score (nSPS) is 11.0. The van der Waals surface area contributed by atoms with Crippen molar-refractivity contribution in [1.82, 2.24) is 0 Å². The number of nitrogens with one attached hydrogen (secondary N) is 1. The van der Waals surface area contributed by atoms with Gasteiger partial charge in [0.25, 0.3) is 5.91 Å². The maximum absolute atomic E-state index is 11.2. The first-order valence-corrected chi connectivity index (χ1v) is 7.42. The van der Waals surface area contributed by atoms with E-state index in [0.29, 0.717) is 0 Å². The summed E-state index contributed by atoms with van der Waals surface area (Å²) in [5, 5.41) is 2.76. The van der Waals surface area contributed by atoms with Gasteiger partial charge in [-0.3, -0.25) is 9.59 Å². The summed E-state index contributed by atoms with van der Waals surface area (Å²) < 4.78 is 22.0. The lowest BCUT2D eigenvalue weighted by molar-refractivity contribution is 0.0989. The van der Waals surface area contributed by atoms with E-state index in [-0.39, 0.29) is 29.1 Å². The molecule has 0 radical (unpaired) electrons. The number of hydrogen-bond acceptors (Lipinski definition) is 5. The van der Waals surface area contributed by atoms with Crippen LogP contribution in [0.3, 0.4) is 0 Å². The Morgan fingerprint density at radius 1 is 1.21 bits per heavy atom. The predicted octanol–water partition coefficient (Wildman–Crippen LogP) is -0.659. The fraction of sp³-hybridized carbons (Fsp3) is 0.273. The summed E-state index contributed by atoms with van der Waals surface area (Å²) in [5.74, 6) is -1.44. The first kappa shape index (κ1) is 15.0. The molecule has 2 amide bonds. The zero-order valence-corrected chi connectivity index (χ0v) is 11.2. The average Bonchev–Trinajstić information content (AvgIpc) is 2.26. The summed E-state index contributed by atoms with van der Waals surface area (Å²) in [6.07, 6.45) is 1.10. The molecular weight excluding hydrogens is 270 g/mol. The van der Waals surface area contributed by atoms with Crippen LogP contribution in [0.1, 0.15) is 20.7 Å². The standard InChI is InChI=1S/C11H15N3O4S/c1-19(17,18)5-4-14-9-6-7(10(12)15)2-3-8(9)11(13)16/h2-3,6,14H,4-5H2,1H3,(H2,12,15)(H2,13,16). The summed E-state index contributed by atoms with van der Waals surface area (Å²) in [6, 6.07) is 4.11. The topological polar surface area (TPSA) is 132 Å². The molecule has 0 heterocycles. The molecule has 0 saturated carbocycles. The molecule has 5 N–H and O–H groups in total. The monoisotopic (exact) mass is 285 g/mol. The van der Waals surface area contributed by atoms with Crippen LogP contribution >= 0.6 is 0 Å². The van der Waals surface area contributed by atoms with Crippen molar-refractivity contribution < 1.29 is 18.0 Å². The molecule has 0 unspecified atom stereocenters.